The highest BCUT2D eigenvalue weighted by Crippen LogP contribution is 2.27. The molecule has 1 amide bonds. The molecule has 0 N–H and O–H groups in total. The Morgan fingerprint density at radius 2 is 2.08 bits per heavy atom. The topological polar surface area (TPSA) is 45.7 Å². The van der Waals surface area contributed by atoms with Gasteiger partial charge in [-0.2, -0.15) is 0 Å². The molecular weight excluding hydrogens is 314 g/mol. The standard InChI is InChI=1S/C20H23N3O2/c24-20(23-9-7-17-13-21-8-6-19(17)23)12-18-15-22(10-11-25-18)14-16-4-2-1-3-5-16/h1-6,8,13,18H,7,9-12,14-15H2/t18-/m1/s1. The van der Waals surface area contributed by atoms with Crippen LogP contribution in [-0.4, -0.2) is 48.1 Å². The summed E-state index contributed by atoms with van der Waals surface area (Å²) in [6.07, 6.45) is 4.91. The molecule has 2 aliphatic heterocycles. The number of benzene rings is 1. The lowest BCUT2D eigenvalue weighted by Crippen LogP contribution is -2.44. The maximum atomic E-state index is 12.7. The van der Waals surface area contributed by atoms with Crippen LogP contribution in [-0.2, 0) is 22.5 Å². The number of hydrogen-bond acceptors (Lipinski definition) is 4. The number of amides is 1. The van der Waals surface area contributed by atoms with Gasteiger partial charge in [0.15, 0.2) is 0 Å². The fourth-order valence-corrected chi connectivity index (χ4v) is 3.68. The van der Waals surface area contributed by atoms with Crippen molar-refractivity contribution in [3.63, 3.8) is 0 Å². The summed E-state index contributed by atoms with van der Waals surface area (Å²) >= 11 is 0. The van der Waals surface area contributed by atoms with E-state index in [4.69, 9.17) is 4.74 Å². The lowest BCUT2D eigenvalue weighted by Gasteiger charge is -2.33. The van der Waals surface area contributed by atoms with Crippen molar-refractivity contribution < 1.29 is 9.53 Å². The van der Waals surface area contributed by atoms with Crippen LogP contribution in [0.4, 0.5) is 5.69 Å². The summed E-state index contributed by atoms with van der Waals surface area (Å²) in [7, 11) is 0. The number of carbonyl (C=O) groups excluding carboxylic acids is 1. The molecule has 5 nitrogen and oxygen atoms in total. The third kappa shape index (κ3) is 3.72. The molecule has 1 saturated heterocycles. The first-order valence-corrected chi connectivity index (χ1v) is 8.91. The number of fused-ring (bicyclic) bond motifs is 1. The predicted molar refractivity (Wildman–Crippen MR) is 96.4 cm³/mol. The summed E-state index contributed by atoms with van der Waals surface area (Å²) in [4.78, 5) is 21.2. The van der Waals surface area contributed by atoms with Crippen LogP contribution in [0.3, 0.4) is 0 Å². The van der Waals surface area contributed by atoms with Crippen LogP contribution in [0.15, 0.2) is 48.8 Å². The molecular formula is C20H23N3O2. The Morgan fingerprint density at radius 3 is 2.96 bits per heavy atom. The zero-order valence-electron chi connectivity index (χ0n) is 14.3. The van der Waals surface area contributed by atoms with Gasteiger partial charge in [0.1, 0.15) is 0 Å². The van der Waals surface area contributed by atoms with Crippen molar-refractivity contribution >= 4 is 11.6 Å². The first-order valence-electron chi connectivity index (χ1n) is 8.91. The van der Waals surface area contributed by atoms with Crippen molar-refractivity contribution in [2.45, 2.75) is 25.5 Å². The third-order valence-electron chi connectivity index (χ3n) is 4.95. The van der Waals surface area contributed by atoms with E-state index in [9.17, 15) is 4.79 Å². The van der Waals surface area contributed by atoms with Gasteiger partial charge >= 0.3 is 0 Å². The van der Waals surface area contributed by atoms with Crippen LogP contribution < -0.4 is 4.90 Å². The fourth-order valence-electron chi connectivity index (χ4n) is 3.68. The highest BCUT2D eigenvalue weighted by atomic mass is 16.5. The monoisotopic (exact) mass is 337 g/mol. The van der Waals surface area contributed by atoms with Gasteiger partial charge in [0, 0.05) is 44.3 Å². The molecule has 0 spiro atoms. The van der Waals surface area contributed by atoms with E-state index in [2.05, 4.69) is 34.1 Å². The second-order valence-electron chi connectivity index (χ2n) is 6.72. The quantitative estimate of drug-likeness (QED) is 0.859. The summed E-state index contributed by atoms with van der Waals surface area (Å²) in [6.45, 7) is 4.06. The zero-order chi connectivity index (χ0) is 17.1. The Hall–Kier alpha value is -2.24. The van der Waals surface area contributed by atoms with E-state index < -0.39 is 0 Å². The van der Waals surface area contributed by atoms with Crippen molar-refractivity contribution in [2.75, 3.05) is 31.1 Å². The number of morpholine rings is 1. The summed E-state index contributed by atoms with van der Waals surface area (Å²) in [6, 6.07) is 12.4. The van der Waals surface area contributed by atoms with E-state index in [0.717, 1.165) is 43.9 Å². The molecule has 2 aliphatic rings. The normalized spacial score (nSPS) is 20.5. The molecule has 25 heavy (non-hydrogen) atoms. The number of rotatable bonds is 4. The Bertz CT molecular complexity index is 735. The molecule has 0 aliphatic carbocycles. The largest absolute Gasteiger partial charge is 0.375 e. The van der Waals surface area contributed by atoms with Crippen LogP contribution in [0.1, 0.15) is 17.5 Å². The molecule has 0 unspecified atom stereocenters. The highest BCUT2D eigenvalue weighted by Gasteiger charge is 2.29. The van der Waals surface area contributed by atoms with E-state index >= 15 is 0 Å². The van der Waals surface area contributed by atoms with Crippen LogP contribution in [0.25, 0.3) is 0 Å². The molecule has 1 aromatic heterocycles. The number of hydrogen-bond donors (Lipinski definition) is 0. The minimum absolute atomic E-state index is 0.0316. The molecule has 130 valence electrons. The smallest absolute Gasteiger partial charge is 0.229 e. The molecule has 5 heteroatoms. The Kier molecular flexibility index (Phi) is 4.76. The van der Waals surface area contributed by atoms with E-state index in [1.54, 1.807) is 6.20 Å². The minimum atomic E-state index is -0.0316. The van der Waals surface area contributed by atoms with Gasteiger partial charge < -0.3 is 9.64 Å². The molecule has 0 saturated carbocycles. The van der Waals surface area contributed by atoms with Crippen molar-refractivity contribution in [3.05, 3.63) is 59.9 Å². The van der Waals surface area contributed by atoms with Crippen molar-refractivity contribution in [1.82, 2.24) is 9.88 Å². The van der Waals surface area contributed by atoms with E-state index in [-0.39, 0.29) is 12.0 Å². The molecule has 0 bridgehead atoms. The van der Waals surface area contributed by atoms with Crippen LogP contribution in [0.2, 0.25) is 0 Å². The zero-order valence-corrected chi connectivity index (χ0v) is 14.3. The van der Waals surface area contributed by atoms with Gasteiger partial charge in [0.25, 0.3) is 0 Å². The number of aromatic nitrogens is 1. The Balaban J connectivity index is 1.35. The van der Waals surface area contributed by atoms with Crippen molar-refractivity contribution in [1.29, 1.82) is 0 Å². The molecule has 1 fully saturated rings. The summed E-state index contributed by atoms with van der Waals surface area (Å²) in [5, 5.41) is 0. The lowest BCUT2D eigenvalue weighted by atomic mass is 10.1. The first-order chi connectivity index (χ1) is 12.3. The highest BCUT2D eigenvalue weighted by molar-refractivity contribution is 5.95. The summed E-state index contributed by atoms with van der Waals surface area (Å²) < 4.78 is 5.86. The Morgan fingerprint density at radius 1 is 1.20 bits per heavy atom. The maximum absolute atomic E-state index is 12.7. The average Bonchev–Trinajstić information content (AvgIpc) is 3.07. The first kappa shape index (κ1) is 16.2. The van der Waals surface area contributed by atoms with E-state index in [1.165, 1.54) is 5.56 Å². The SMILES string of the molecule is O=C(C[C@@H]1CN(Cc2ccccc2)CCO1)N1CCc2cnccc21. The molecule has 1 aromatic carbocycles. The second kappa shape index (κ2) is 7.33. The Labute approximate surface area is 148 Å². The van der Waals surface area contributed by atoms with Crippen LogP contribution in [0.5, 0.6) is 0 Å². The van der Waals surface area contributed by atoms with Crippen LogP contribution >= 0.6 is 0 Å². The van der Waals surface area contributed by atoms with Gasteiger partial charge in [0.2, 0.25) is 5.91 Å². The predicted octanol–water partition coefficient (Wildman–Crippen LogP) is 2.26. The number of ether oxygens (including phenoxy) is 1. The van der Waals surface area contributed by atoms with Crippen LogP contribution in [0, 0.1) is 0 Å². The van der Waals surface area contributed by atoms with Gasteiger partial charge in [-0.05, 0) is 23.6 Å². The number of anilines is 1. The molecule has 4 rings (SSSR count). The van der Waals surface area contributed by atoms with Gasteiger partial charge in [0.05, 0.1) is 19.1 Å². The van der Waals surface area contributed by atoms with Gasteiger partial charge in [-0.15, -0.1) is 0 Å². The molecule has 3 heterocycles. The number of carbonyl (C=O) groups is 1. The minimum Gasteiger partial charge on any atom is -0.375 e. The number of nitrogens with zero attached hydrogens (tertiary/aromatic N) is 3. The summed E-state index contributed by atoms with van der Waals surface area (Å²) in [5.41, 5.74) is 3.47. The molecule has 0 radical (unpaired) electrons. The third-order valence-corrected chi connectivity index (χ3v) is 4.95. The number of pyridine rings is 1. The molecule has 1 atom stereocenters. The van der Waals surface area contributed by atoms with E-state index in [0.29, 0.717) is 13.0 Å². The lowest BCUT2D eigenvalue weighted by molar-refractivity contribution is -0.123. The van der Waals surface area contributed by atoms with Crippen molar-refractivity contribution in [3.8, 4) is 0 Å². The van der Waals surface area contributed by atoms with Gasteiger partial charge in [-0.3, -0.25) is 14.7 Å². The average molecular weight is 337 g/mol. The van der Waals surface area contributed by atoms with Gasteiger partial charge in [-0.25, -0.2) is 0 Å². The second-order valence-corrected chi connectivity index (χ2v) is 6.72. The maximum Gasteiger partial charge on any atom is 0.229 e. The molecule has 2 aromatic rings. The van der Waals surface area contributed by atoms with Gasteiger partial charge in [-0.1, -0.05) is 30.3 Å². The van der Waals surface area contributed by atoms with E-state index in [1.807, 2.05) is 23.2 Å². The summed E-state index contributed by atoms with van der Waals surface area (Å²) in [5.74, 6) is 0.150. The fraction of sp³-hybridized carbons (Fsp3) is 0.400. The van der Waals surface area contributed by atoms with Crippen molar-refractivity contribution in [2.24, 2.45) is 0 Å².